The van der Waals surface area contributed by atoms with Crippen LogP contribution in [0.1, 0.15) is 60.3 Å². The quantitative estimate of drug-likeness (QED) is 0.813. The summed E-state index contributed by atoms with van der Waals surface area (Å²) >= 11 is 0. The van der Waals surface area contributed by atoms with E-state index in [0.717, 1.165) is 6.54 Å². The van der Waals surface area contributed by atoms with Gasteiger partial charge in [-0.25, -0.2) is 4.79 Å². The lowest BCUT2D eigenvalue weighted by molar-refractivity contribution is 0.0470. The monoisotopic (exact) mass is 256 g/mol. The lowest BCUT2D eigenvalue weighted by atomic mass is 10.1. The molecule has 18 heavy (non-hydrogen) atoms. The minimum absolute atomic E-state index is 0.287. The second-order valence-corrected chi connectivity index (χ2v) is 6.87. The minimum atomic E-state index is -0.445. The fourth-order valence-corrected chi connectivity index (χ4v) is 2.15. The van der Waals surface area contributed by atoms with Crippen LogP contribution >= 0.6 is 0 Å². The summed E-state index contributed by atoms with van der Waals surface area (Å²) in [5.41, 5.74) is -0.732. The van der Waals surface area contributed by atoms with E-state index in [1.165, 1.54) is 25.7 Å². The Balaban J connectivity index is 2.31. The number of hydrogen-bond acceptors (Lipinski definition) is 3. The third-order valence-corrected chi connectivity index (χ3v) is 3.03. The summed E-state index contributed by atoms with van der Waals surface area (Å²) < 4.78 is 5.27. The summed E-state index contributed by atoms with van der Waals surface area (Å²) in [5, 5.41) is 6.43. The second kappa shape index (κ2) is 5.91. The lowest BCUT2D eigenvalue weighted by Gasteiger charge is -2.30. The van der Waals surface area contributed by atoms with Crippen LogP contribution in [0.3, 0.4) is 0 Å². The number of ether oxygens (including phenoxy) is 1. The molecule has 106 valence electrons. The SMILES string of the molecule is CC(C)(CNC1CCCC1)NC(=O)OC(C)(C)C. The Bertz CT molecular complexity index is 276. The molecule has 1 aliphatic rings. The van der Waals surface area contributed by atoms with Crippen LogP contribution in [0.2, 0.25) is 0 Å². The van der Waals surface area contributed by atoms with Crippen molar-refractivity contribution in [2.75, 3.05) is 6.54 Å². The average Bonchev–Trinajstić information content (AvgIpc) is 2.62. The molecule has 0 aliphatic heterocycles. The predicted octanol–water partition coefficient (Wildman–Crippen LogP) is 2.82. The van der Waals surface area contributed by atoms with Gasteiger partial charge in [0, 0.05) is 12.6 Å². The Morgan fingerprint density at radius 3 is 2.22 bits per heavy atom. The Morgan fingerprint density at radius 1 is 1.17 bits per heavy atom. The molecule has 0 heterocycles. The van der Waals surface area contributed by atoms with Crippen molar-refractivity contribution in [2.45, 2.75) is 77.5 Å². The van der Waals surface area contributed by atoms with Gasteiger partial charge >= 0.3 is 6.09 Å². The number of carbonyl (C=O) groups excluding carboxylic acids is 1. The topological polar surface area (TPSA) is 50.4 Å². The Kier molecular flexibility index (Phi) is 5.02. The van der Waals surface area contributed by atoms with Crippen LogP contribution in [0.15, 0.2) is 0 Å². The van der Waals surface area contributed by atoms with Gasteiger partial charge in [-0.05, 0) is 47.5 Å². The van der Waals surface area contributed by atoms with Crippen molar-refractivity contribution in [2.24, 2.45) is 0 Å². The molecular weight excluding hydrogens is 228 g/mol. The molecule has 0 aromatic rings. The van der Waals surface area contributed by atoms with Gasteiger partial charge in [0.25, 0.3) is 0 Å². The van der Waals surface area contributed by atoms with E-state index in [2.05, 4.69) is 10.6 Å². The standard InChI is InChI=1S/C14H28N2O2/c1-13(2,3)18-12(17)16-14(4,5)10-15-11-8-6-7-9-11/h11,15H,6-10H2,1-5H3,(H,16,17). The number of hydrogen-bond donors (Lipinski definition) is 2. The largest absolute Gasteiger partial charge is 0.444 e. The highest BCUT2D eigenvalue weighted by Crippen LogP contribution is 2.18. The van der Waals surface area contributed by atoms with Crippen molar-refractivity contribution in [1.82, 2.24) is 10.6 Å². The van der Waals surface area contributed by atoms with Crippen molar-refractivity contribution < 1.29 is 9.53 Å². The zero-order valence-electron chi connectivity index (χ0n) is 12.4. The van der Waals surface area contributed by atoms with Crippen molar-refractivity contribution >= 4 is 6.09 Å². The van der Waals surface area contributed by atoms with Crippen LogP contribution in [-0.4, -0.2) is 29.8 Å². The van der Waals surface area contributed by atoms with Gasteiger partial charge in [0.05, 0.1) is 5.54 Å². The summed E-state index contributed by atoms with van der Waals surface area (Å²) in [5.74, 6) is 0. The molecule has 1 amide bonds. The summed E-state index contributed by atoms with van der Waals surface area (Å²) in [7, 11) is 0. The van der Waals surface area contributed by atoms with Crippen LogP contribution in [0, 0.1) is 0 Å². The molecule has 4 nitrogen and oxygen atoms in total. The fourth-order valence-electron chi connectivity index (χ4n) is 2.15. The second-order valence-electron chi connectivity index (χ2n) is 6.87. The van der Waals surface area contributed by atoms with Gasteiger partial charge in [0.1, 0.15) is 5.60 Å². The van der Waals surface area contributed by atoms with Gasteiger partial charge in [-0.3, -0.25) is 0 Å². The first-order valence-electron chi connectivity index (χ1n) is 6.92. The third-order valence-electron chi connectivity index (χ3n) is 3.03. The maximum Gasteiger partial charge on any atom is 0.408 e. The first-order valence-corrected chi connectivity index (χ1v) is 6.92. The smallest absolute Gasteiger partial charge is 0.408 e. The van der Waals surface area contributed by atoms with Crippen LogP contribution in [0.5, 0.6) is 0 Å². The van der Waals surface area contributed by atoms with Crippen LogP contribution in [0.25, 0.3) is 0 Å². The van der Waals surface area contributed by atoms with E-state index >= 15 is 0 Å². The van der Waals surface area contributed by atoms with E-state index in [1.807, 2.05) is 34.6 Å². The van der Waals surface area contributed by atoms with Gasteiger partial charge in [0.15, 0.2) is 0 Å². The molecule has 0 radical (unpaired) electrons. The fraction of sp³-hybridized carbons (Fsp3) is 0.929. The summed E-state index contributed by atoms with van der Waals surface area (Å²) in [6, 6.07) is 0.615. The van der Waals surface area contributed by atoms with E-state index in [9.17, 15) is 4.79 Å². The van der Waals surface area contributed by atoms with Gasteiger partial charge < -0.3 is 15.4 Å². The molecule has 0 bridgehead atoms. The number of amides is 1. The molecule has 1 aliphatic carbocycles. The maximum absolute atomic E-state index is 11.7. The van der Waals surface area contributed by atoms with Crippen molar-refractivity contribution in [3.8, 4) is 0 Å². The molecule has 0 saturated heterocycles. The van der Waals surface area contributed by atoms with Crippen molar-refractivity contribution in [1.29, 1.82) is 0 Å². The van der Waals surface area contributed by atoms with E-state index in [-0.39, 0.29) is 11.6 Å². The molecule has 4 heteroatoms. The first-order chi connectivity index (χ1) is 8.18. The molecule has 2 N–H and O–H groups in total. The van der Waals surface area contributed by atoms with Gasteiger partial charge in [0.2, 0.25) is 0 Å². The Hall–Kier alpha value is -0.770. The molecule has 1 saturated carbocycles. The van der Waals surface area contributed by atoms with Gasteiger partial charge in [-0.15, -0.1) is 0 Å². The number of alkyl carbamates (subject to hydrolysis) is 1. The lowest BCUT2D eigenvalue weighted by Crippen LogP contribution is -2.52. The van der Waals surface area contributed by atoms with E-state index in [1.54, 1.807) is 0 Å². The average molecular weight is 256 g/mol. The van der Waals surface area contributed by atoms with Crippen molar-refractivity contribution in [3.63, 3.8) is 0 Å². The molecule has 0 aromatic heterocycles. The van der Waals surface area contributed by atoms with Crippen LogP contribution in [0.4, 0.5) is 4.79 Å². The zero-order chi connectivity index (χ0) is 13.8. The zero-order valence-corrected chi connectivity index (χ0v) is 12.4. The van der Waals surface area contributed by atoms with E-state index in [4.69, 9.17) is 4.74 Å². The maximum atomic E-state index is 11.7. The molecule has 0 aromatic carbocycles. The minimum Gasteiger partial charge on any atom is -0.444 e. The number of nitrogens with one attached hydrogen (secondary N) is 2. The highest BCUT2D eigenvalue weighted by molar-refractivity contribution is 5.68. The first kappa shape index (κ1) is 15.3. The molecule has 0 atom stereocenters. The third kappa shape index (κ3) is 6.24. The molecular formula is C14H28N2O2. The summed E-state index contributed by atoms with van der Waals surface area (Å²) in [4.78, 5) is 11.7. The summed E-state index contributed by atoms with van der Waals surface area (Å²) in [6.45, 7) is 10.4. The van der Waals surface area contributed by atoms with Crippen molar-refractivity contribution in [3.05, 3.63) is 0 Å². The van der Waals surface area contributed by atoms with E-state index < -0.39 is 5.60 Å². The normalized spacial score (nSPS) is 17.8. The highest BCUT2D eigenvalue weighted by atomic mass is 16.6. The molecule has 1 rings (SSSR count). The molecule has 1 fully saturated rings. The molecule has 0 spiro atoms. The van der Waals surface area contributed by atoms with Crippen LogP contribution < -0.4 is 10.6 Å². The molecule has 0 unspecified atom stereocenters. The highest BCUT2D eigenvalue weighted by Gasteiger charge is 2.25. The Labute approximate surface area is 111 Å². The summed E-state index contributed by atoms with van der Waals surface area (Å²) in [6.07, 6.45) is 4.79. The van der Waals surface area contributed by atoms with Crippen LogP contribution in [-0.2, 0) is 4.74 Å². The van der Waals surface area contributed by atoms with Gasteiger partial charge in [-0.2, -0.15) is 0 Å². The number of carbonyl (C=O) groups is 1. The Morgan fingerprint density at radius 2 is 1.72 bits per heavy atom. The predicted molar refractivity (Wildman–Crippen MR) is 73.7 cm³/mol. The number of rotatable bonds is 4. The van der Waals surface area contributed by atoms with Gasteiger partial charge in [-0.1, -0.05) is 12.8 Å². The van der Waals surface area contributed by atoms with E-state index in [0.29, 0.717) is 6.04 Å².